The van der Waals surface area contributed by atoms with E-state index in [1.165, 1.54) is 17.8 Å². The van der Waals surface area contributed by atoms with Crippen molar-refractivity contribution in [1.29, 1.82) is 0 Å². The van der Waals surface area contributed by atoms with Gasteiger partial charge in [0.1, 0.15) is 0 Å². The fraction of sp³-hybridized carbons (Fsp3) is 0.545. The minimum Gasteiger partial charge on any atom is -0.334 e. The van der Waals surface area contributed by atoms with Gasteiger partial charge in [0.2, 0.25) is 0 Å². The molecule has 1 aliphatic rings. The number of hydrogen-bond acceptors (Lipinski definition) is 3. The van der Waals surface area contributed by atoms with Crippen LogP contribution in [0, 0.1) is 0 Å². The first-order valence-corrected chi connectivity index (χ1v) is 6.25. The number of carbonyl (C=O) groups is 1. The lowest BCUT2D eigenvalue weighted by molar-refractivity contribution is 0.0628. The van der Waals surface area contributed by atoms with E-state index >= 15 is 0 Å². The van der Waals surface area contributed by atoms with Crippen molar-refractivity contribution in [2.24, 2.45) is 5.73 Å². The van der Waals surface area contributed by atoms with Crippen molar-refractivity contribution >= 4 is 17.2 Å². The van der Waals surface area contributed by atoms with Crippen molar-refractivity contribution in [3.05, 3.63) is 22.4 Å². The number of nitrogens with zero attached hydrogens (tertiary/aromatic N) is 1. The largest absolute Gasteiger partial charge is 0.334 e. The molecule has 0 aliphatic carbocycles. The molecule has 0 aromatic carbocycles. The molecule has 1 aromatic heterocycles. The molecule has 0 spiro atoms. The van der Waals surface area contributed by atoms with Crippen LogP contribution in [0.2, 0.25) is 0 Å². The highest BCUT2D eigenvalue weighted by Gasteiger charge is 2.26. The number of hydrogen-bond donors (Lipinski definition) is 1. The van der Waals surface area contributed by atoms with Gasteiger partial charge in [0.15, 0.2) is 0 Å². The van der Waals surface area contributed by atoms with Gasteiger partial charge in [0.05, 0.1) is 4.88 Å². The molecule has 1 aromatic rings. The quantitative estimate of drug-likeness (QED) is 0.831. The Balaban J connectivity index is 2.11. The molecule has 1 unspecified atom stereocenters. The molecule has 1 fully saturated rings. The lowest BCUT2D eigenvalue weighted by Gasteiger charge is -2.34. The maximum absolute atomic E-state index is 12.1. The summed E-state index contributed by atoms with van der Waals surface area (Å²) in [6.07, 6.45) is 3.34. The molecule has 2 rings (SSSR count). The SMILES string of the molecule is NCC1CCCCN1C(=O)c1cccs1. The Morgan fingerprint density at radius 3 is 3.13 bits per heavy atom. The molecule has 1 saturated heterocycles. The molecule has 1 amide bonds. The maximum atomic E-state index is 12.1. The van der Waals surface area contributed by atoms with Crippen molar-refractivity contribution in [3.8, 4) is 0 Å². The van der Waals surface area contributed by atoms with Gasteiger partial charge in [-0.1, -0.05) is 6.07 Å². The monoisotopic (exact) mass is 224 g/mol. The Bertz CT molecular complexity index is 323. The van der Waals surface area contributed by atoms with Gasteiger partial charge in [0.25, 0.3) is 5.91 Å². The van der Waals surface area contributed by atoms with Crippen molar-refractivity contribution in [1.82, 2.24) is 4.90 Å². The molecule has 3 nitrogen and oxygen atoms in total. The fourth-order valence-corrected chi connectivity index (χ4v) is 2.73. The van der Waals surface area contributed by atoms with Crippen molar-refractivity contribution in [2.75, 3.05) is 13.1 Å². The zero-order valence-electron chi connectivity index (χ0n) is 8.69. The molecule has 2 heterocycles. The summed E-state index contributed by atoms with van der Waals surface area (Å²) in [6.45, 7) is 1.44. The van der Waals surface area contributed by atoms with E-state index in [0.717, 1.165) is 24.3 Å². The van der Waals surface area contributed by atoms with Gasteiger partial charge in [-0.25, -0.2) is 0 Å². The Morgan fingerprint density at radius 2 is 2.47 bits per heavy atom. The molecule has 0 bridgehead atoms. The normalized spacial score (nSPS) is 21.7. The van der Waals surface area contributed by atoms with Gasteiger partial charge < -0.3 is 10.6 Å². The van der Waals surface area contributed by atoms with Crippen LogP contribution in [0.25, 0.3) is 0 Å². The van der Waals surface area contributed by atoms with Crippen LogP contribution in [-0.4, -0.2) is 29.9 Å². The summed E-state index contributed by atoms with van der Waals surface area (Å²) < 4.78 is 0. The zero-order valence-corrected chi connectivity index (χ0v) is 9.50. The highest BCUT2D eigenvalue weighted by Crippen LogP contribution is 2.20. The van der Waals surface area contributed by atoms with E-state index in [1.807, 2.05) is 22.4 Å². The third-order valence-electron chi connectivity index (χ3n) is 2.89. The summed E-state index contributed by atoms with van der Waals surface area (Å²) in [7, 11) is 0. The first-order valence-electron chi connectivity index (χ1n) is 5.37. The Kier molecular flexibility index (Phi) is 3.38. The van der Waals surface area contributed by atoms with Crippen molar-refractivity contribution < 1.29 is 4.79 Å². The van der Waals surface area contributed by atoms with Crippen LogP contribution in [-0.2, 0) is 0 Å². The molecule has 0 radical (unpaired) electrons. The number of piperidine rings is 1. The molecule has 15 heavy (non-hydrogen) atoms. The topological polar surface area (TPSA) is 46.3 Å². The van der Waals surface area contributed by atoms with Gasteiger partial charge in [-0.2, -0.15) is 0 Å². The molecule has 82 valence electrons. The Hall–Kier alpha value is -0.870. The lowest BCUT2D eigenvalue weighted by Crippen LogP contribution is -2.47. The lowest BCUT2D eigenvalue weighted by atomic mass is 10.0. The van der Waals surface area contributed by atoms with Gasteiger partial charge in [-0.3, -0.25) is 4.79 Å². The van der Waals surface area contributed by atoms with E-state index in [2.05, 4.69) is 0 Å². The fourth-order valence-electron chi connectivity index (χ4n) is 2.05. The second-order valence-electron chi connectivity index (χ2n) is 3.86. The number of likely N-dealkylation sites (tertiary alicyclic amines) is 1. The predicted octanol–water partition coefficient (Wildman–Crippen LogP) is 1.70. The van der Waals surface area contributed by atoms with E-state index in [-0.39, 0.29) is 11.9 Å². The van der Waals surface area contributed by atoms with Crippen LogP contribution < -0.4 is 5.73 Å². The highest BCUT2D eigenvalue weighted by atomic mass is 32.1. The van der Waals surface area contributed by atoms with Crippen LogP contribution in [0.5, 0.6) is 0 Å². The minimum atomic E-state index is 0.153. The van der Waals surface area contributed by atoms with E-state index in [4.69, 9.17) is 5.73 Å². The van der Waals surface area contributed by atoms with Crippen LogP contribution >= 0.6 is 11.3 Å². The molecule has 0 saturated carbocycles. The summed E-state index contributed by atoms with van der Waals surface area (Å²) in [6, 6.07) is 4.04. The number of carbonyl (C=O) groups excluding carboxylic acids is 1. The second kappa shape index (κ2) is 4.77. The van der Waals surface area contributed by atoms with Gasteiger partial charge in [0, 0.05) is 19.1 Å². The van der Waals surface area contributed by atoms with Crippen molar-refractivity contribution in [2.45, 2.75) is 25.3 Å². The van der Waals surface area contributed by atoms with E-state index in [9.17, 15) is 4.79 Å². The van der Waals surface area contributed by atoms with E-state index < -0.39 is 0 Å². The summed E-state index contributed by atoms with van der Waals surface area (Å²) in [5, 5.41) is 1.94. The molecular formula is C11H16N2OS. The first-order chi connectivity index (χ1) is 7.33. The van der Waals surface area contributed by atoms with Crippen LogP contribution in [0.3, 0.4) is 0 Å². The van der Waals surface area contributed by atoms with Gasteiger partial charge in [-0.15, -0.1) is 11.3 Å². The average Bonchev–Trinajstić information content (AvgIpc) is 2.81. The van der Waals surface area contributed by atoms with Crippen LogP contribution in [0.1, 0.15) is 28.9 Å². The minimum absolute atomic E-state index is 0.153. The summed E-state index contributed by atoms with van der Waals surface area (Å²) in [5.41, 5.74) is 5.69. The molecule has 1 atom stereocenters. The van der Waals surface area contributed by atoms with Gasteiger partial charge >= 0.3 is 0 Å². The Labute approximate surface area is 93.9 Å². The highest BCUT2D eigenvalue weighted by molar-refractivity contribution is 7.12. The zero-order chi connectivity index (χ0) is 10.7. The van der Waals surface area contributed by atoms with Gasteiger partial charge in [-0.05, 0) is 30.7 Å². The number of nitrogens with two attached hydrogens (primary N) is 1. The molecule has 1 aliphatic heterocycles. The standard InChI is InChI=1S/C11H16N2OS/c12-8-9-4-1-2-6-13(9)11(14)10-5-3-7-15-10/h3,5,7,9H,1-2,4,6,8,12H2. The van der Waals surface area contributed by atoms with E-state index in [1.54, 1.807) is 0 Å². The maximum Gasteiger partial charge on any atom is 0.264 e. The Morgan fingerprint density at radius 1 is 1.60 bits per heavy atom. The van der Waals surface area contributed by atoms with Crippen LogP contribution in [0.15, 0.2) is 17.5 Å². The average molecular weight is 224 g/mol. The predicted molar refractivity (Wildman–Crippen MR) is 62.0 cm³/mol. The van der Waals surface area contributed by atoms with Crippen LogP contribution in [0.4, 0.5) is 0 Å². The number of amides is 1. The molecular weight excluding hydrogens is 208 g/mol. The smallest absolute Gasteiger partial charge is 0.264 e. The summed E-state index contributed by atoms with van der Waals surface area (Å²) in [5.74, 6) is 0.153. The molecule has 4 heteroatoms. The van der Waals surface area contributed by atoms with E-state index in [0.29, 0.717) is 6.54 Å². The van der Waals surface area contributed by atoms with Crippen molar-refractivity contribution in [3.63, 3.8) is 0 Å². The first kappa shape index (κ1) is 10.6. The third kappa shape index (κ3) is 2.21. The third-order valence-corrected chi connectivity index (χ3v) is 3.75. The number of thiophene rings is 1. The summed E-state index contributed by atoms with van der Waals surface area (Å²) in [4.78, 5) is 14.9. The second-order valence-corrected chi connectivity index (χ2v) is 4.81. The summed E-state index contributed by atoms with van der Waals surface area (Å²) >= 11 is 1.51. The molecule has 2 N–H and O–H groups in total. The number of rotatable bonds is 2.